The predicted octanol–water partition coefficient (Wildman–Crippen LogP) is 3.88. The first-order valence-electron chi connectivity index (χ1n) is 6.67. The average molecular weight is 286 g/mol. The van der Waals surface area contributed by atoms with Crippen molar-refractivity contribution in [1.29, 1.82) is 0 Å². The van der Waals surface area contributed by atoms with Crippen LogP contribution in [0.4, 0.5) is 5.69 Å². The average Bonchev–Trinajstić information content (AvgIpc) is 2.79. The summed E-state index contributed by atoms with van der Waals surface area (Å²) in [5.41, 5.74) is 9.99. The number of aromatic nitrogens is 2. The number of anilines is 1. The van der Waals surface area contributed by atoms with E-state index in [9.17, 15) is 0 Å². The third kappa shape index (κ3) is 2.25. The number of imidazole rings is 1. The highest BCUT2D eigenvalue weighted by atomic mass is 35.5. The summed E-state index contributed by atoms with van der Waals surface area (Å²) >= 11 is 5.94. The molecule has 0 radical (unpaired) electrons. The fraction of sp³-hybridized carbons (Fsp3) is 0.188. The second-order valence-electron chi connectivity index (χ2n) is 4.78. The Morgan fingerprint density at radius 1 is 1.20 bits per heavy atom. The zero-order valence-electron chi connectivity index (χ0n) is 11.3. The maximum absolute atomic E-state index is 6.03. The first-order chi connectivity index (χ1) is 9.69. The molecule has 0 saturated carbocycles. The molecule has 0 spiro atoms. The number of benzene rings is 2. The van der Waals surface area contributed by atoms with E-state index in [1.807, 2.05) is 30.3 Å². The van der Waals surface area contributed by atoms with Crippen molar-refractivity contribution in [3.8, 4) is 0 Å². The normalized spacial score (nSPS) is 11.1. The van der Waals surface area contributed by atoms with E-state index in [1.165, 1.54) is 0 Å². The van der Waals surface area contributed by atoms with Gasteiger partial charge < -0.3 is 10.3 Å². The van der Waals surface area contributed by atoms with Crippen molar-refractivity contribution in [2.45, 2.75) is 19.9 Å². The number of halogens is 1. The third-order valence-electron chi connectivity index (χ3n) is 3.51. The van der Waals surface area contributed by atoms with Gasteiger partial charge in [-0.1, -0.05) is 29.8 Å². The van der Waals surface area contributed by atoms with Crippen LogP contribution in [0.1, 0.15) is 18.3 Å². The molecule has 3 aromatic rings. The highest BCUT2D eigenvalue weighted by molar-refractivity contribution is 6.30. The van der Waals surface area contributed by atoms with E-state index in [-0.39, 0.29) is 0 Å². The van der Waals surface area contributed by atoms with Crippen LogP contribution in [0.5, 0.6) is 0 Å². The Morgan fingerprint density at radius 2 is 2.00 bits per heavy atom. The lowest BCUT2D eigenvalue weighted by Crippen LogP contribution is -2.04. The van der Waals surface area contributed by atoms with Gasteiger partial charge >= 0.3 is 0 Å². The maximum atomic E-state index is 6.03. The molecule has 0 saturated heterocycles. The van der Waals surface area contributed by atoms with Crippen LogP contribution in [0.15, 0.2) is 42.5 Å². The molecule has 0 fully saturated rings. The van der Waals surface area contributed by atoms with Crippen LogP contribution in [0.2, 0.25) is 5.02 Å². The molecule has 0 bridgehead atoms. The Morgan fingerprint density at radius 3 is 2.75 bits per heavy atom. The first-order valence-corrected chi connectivity index (χ1v) is 7.05. The van der Waals surface area contributed by atoms with Gasteiger partial charge in [0.2, 0.25) is 0 Å². The van der Waals surface area contributed by atoms with Crippen molar-refractivity contribution in [3.63, 3.8) is 0 Å². The van der Waals surface area contributed by atoms with Gasteiger partial charge in [0.15, 0.2) is 0 Å². The molecule has 0 aliphatic carbocycles. The zero-order chi connectivity index (χ0) is 14.1. The van der Waals surface area contributed by atoms with E-state index < -0.39 is 0 Å². The molecule has 0 atom stereocenters. The third-order valence-corrected chi connectivity index (χ3v) is 3.74. The lowest BCUT2D eigenvalue weighted by Gasteiger charge is -2.08. The lowest BCUT2D eigenvalue weighted by atomic mass is 10.1. The minimum Gasteiger partial charge on any atom is -0.398 e. The van der Waals surface area contributed by atoms with Crippen LogP contribution in [0.3, 0.4) is 0 Å². The van der Waals surface area contributed by atoms with E-state index in [4.69, 9.17) is 22.3 Å². The molecule has 20 heavy (non-hydrogen) atoms. The lowest BCUT2D eigenvalue weighted by molar-refractivity contribution is 0.734. The smallest absolute Gasteiger partial charge is 0.114 e. The standard InChI is InChI=1S/C16H16ClN3/c1-2-20-15-6-4-3-5-14(15)19-16(20)9-11-7-8-12(17)10-13(11)18/h3-8,10H,2,9,18H2,1H3. The van der Waals surface area contributed by atoms with Gasteiger partial charge in [-0.25, -0.2) is 4.98 Å². The van der Waals surface area contributed by atoms with Crippen LogP contribution in [0.25, 0.3) is 11.0 Å². The molecular formula is C16H16ClN3. The fourth-order valence-electron chi connectivity index (χ4n) is 2.51. The number of para-hydroxylation sites is 2. The van der Waals surface area contributed by atoms with Crippen molar-refractivity contribution >= 4 is 28.3 Å². The van der Waals surface area contributed by atoms with Gasteiger partial charge in [-0.2, -0.15) is 0 Å². The number of hydrogen-bond donors (Lipinski definition) is 1. The highest BCUT2D eigenvalue weighted by Crippen LogP contribution is 2.23. The monoisotopic (exact) mass is 285 g/mol. The van der Waals surface area contributed by atoms with Crippen molar-refractivity contribution < 1.29 is 0 Å². The molecule has 3 rings (SSSR count). The molecule has 2 aromatic carbocycles. The van der Waals surface area contributed by atoms with Gasteiger partial charge in [-0.15, -0.1) is 0 Å². The van der Waals surface area contributed by atoms with Crippen molar-refractivity contribution in [1.82, 2.24) is 9.55 Å². The molecular weight excluding hydrogens is 270 g/mol. The molecule has 0 unspecified atom stereocenters. The van der Waals surface area contributed by atoms with E-state index in [1.54, 1.807) is 6.07 Å². The molecule has 4 heteroatoms. The molecule has 0 aliphatic heterocycles. The summed E-state index contributed by atoms with van der Waals surface area (Å²) in [6.07, 6.45) is 0.714. The molecule has 3 nitrogen and oxygen atoms in total. The number of nitrogens with zero attached hydrogens (tertiary/aromatic N) is 2. The Bertz CT molecular complexity index is 762. The number of nitrogens with two attached hydrogens (primary N) is 1. The molecule has 102 valence electrons. The molecule has 2 N–H and O–H groups in total. The first kappa shape index (κ1) is 13.0. The summed E-state index contributed by atoms with van der Waals surface area (Å²) in [6.45, 7) is 3.02. The largest absolute Gasteiger partial charge is 0.398 e. The number of aryl methyl sites for hydroxylation is 1. The van der Waals surface area contributed by atoms with Crippen molar-refractivity contribution in [2.24, 2.45) is 0 Å². The fourth-order valence-corrected chi connectivity index (χ4v) is 2.69. The van der Waals surface area contributed by atoms with Crippen molar-refractivity contribution in [2.75, 3.05) is 5.73 Å². The van der Waals surface area contributed by atoms with Gasteiger partial charge in [0, 0.05) is 23.7 Å². The van der Waals surface area contributed by atoms with E-state index in [0.29, 0.717) is 17.1 Å². The second kappa shape index (κ2) is 5.17. The van der Waals surface area contributed by atoms with Crippen LogP contribution < -0.4 is 5.73 Å². The maximum Gasteiger partial charge on any atom is 0.114 e. The summed E-state index contributed by atoms with van der Waals surface area (Å²) in [5.74, 6) is 1.03. The van der Waals surface area contributed by atoms with Crippen LogP contribution in [-0.4, -0.2) is 9.55 Å². The van der Waals surface area contributed by atoms with Gasteiger partial charge in [-0.05, 0) is 36.8 Å². The van der Waals surface area contributed by atoms with Gasteiger partial charge in [0.05, 0.1) is 11.0 Å². The number of hydrogen-bond acceptors (Lipinski definition) is 2. The van der Waals surface area contributed by atoms with Crippen LogP contribution in [0, 0.1) is 0 Å². The Kier molecular flexibility index (Phi) is 3.36. The topological polar surface area (TPSA) is 43.8 Å². The van der Waals surface area contributed by atoms with E-state index >= 15 is 0 Å². The second-order valence-corrected chi connectivity index (χ2v) is 5.22. The van der Waals surface area contributed by atoms with E-state index in [0.717, 1.165) is 29.0 Å². The highest BCUT2D eigenvalue weighted by Gasteiger charge is 2.11. The number of nitrogen functional groups attached to an aromatic ring is 1. The van der Waals surface area contributed by atoms with Gasteiger partial charge in [0.25, 0.3) is 0 Å². The quantitative estimate of drug-likeness (QED) is 0.742. The van der Waals surface area contributed by atoms with Gasteiger partial charge in [0.1, 0.15) is 5.82 Å². The molecule has 1 aromatic heterocycles. The number of fused-ring (bicyclic) bond motifs is 1. The predicted molar refractivity (Wildman–Crippen MR) is 84.1 cm³/mol. The minimum atomic E-state index is 0.662. The van der Waals surface area contributed by atoms with Crippen LogP contribution >= 0.6 is 11.6 Å². The molecule has 1 heterocycles. The Balaban J connectivity index is 2.06. The SMILES string of the molecule is CCn1c(Cc2ccc(Cl)cc2N)nc2ccccc21. The zero-order valence-corrected chi connectivity index (χ0v) is 12.1. The summed E-state index contributed by atoms with van der Waals surface area (Å²) < 4.78 is 2.23. The summed E-state index contributed by atoms with van der Waals surface area (Å²) in [4.78, 5) is 4.72. The minimum absolute atomic E-state index is 0.662. The Hall–Kier alpha value is -2.00. The summed E-state index contributed by atoms with van der Waals surface area (Å²) in [7, 11) is 0. The van der Waals surface area contributed by atoms with Crippen LogP contribution in [-0.2, 0) is 13.0 Å². The molecule has 0 aliphatic rings. The Labute approximate surface area is 123 Å². The molecule has 0 amide bonds. The summed E-state index contributed by atoms with van der Waals surface area (Å²) in [6, 6.07) is 13.8. The van der Waals surface area contributed by atoms with Gasteiger partial charge in [-0.3, -0.25) is 0 Å². The van der Waals surface area contributed by atoms with Crippen molar-refractivity contribution in [3.05, 3.63) is 58.9 Å². The van der Waals surface area contributed by atoms with E-state index in [2.05, 4.69) is 17.6 Å². The summed E-state index contributed by atoms with van der Waals surface area (Å²) in [5, 5.41) is 0.662. The number of rotatable bonds is 3.